The minimum Gasteiger partial charge on any atom is -0.379 e. The number of nitrogens with two attached hydrogens (primary N) is 1. The molecule has 0 radical (unpaired) electrons. The van der Waals surface area contributed by atoms with E-state index in [4.69, 9.17) is 26.8 Å². The van der Waals surface area contributed by atoms with Crippen molar-refractivity contribution in [2.75, 3.05) is 48.9 Å². The molecule has 2 aliphatic heterocycles. The highest BCUT2D eigenvalue weighted by atomic mass is 35.5. The van der Waals surface area contributed by atoms with E-state index in [2.05, 4.69) is 20.2 Å². The number of nitrogen functional groups attached to an aromatic ring is 1. The van der Waals surface area contributed by atoms with Gasteiger partial charge in [0.1, 0.15) is 5.82 Å². The van der Waals surface area contributed by atoms with Gasteiger partial charge in [-0.05, 0) is 38.0 Å². The fourth-order valence-corrected chi connectivity index (χ4v) is 4.03. The van der Waals surface area contributed by atoms with Gasteiger partial charge in [-0.3, -0.25) is 4.79 Å². The highest BCUT2D eigenvalue weighted by Gasteiger charge is 2.41. The fraction of sp³-hybridized carbons (Fsp3) is 0.476. The summed E-state index contributed by atoms with van der Waals surface area (Å²) in [5, 5.41) is 3.50. The van der Waals surface area contributed by atoms with Gasteiger partial charge < -0.3 is 25.4 Å². The standard InChI is InChI=1S/C21H26ClN5O3/c1-13-8-18(26-20(23)24-13)27-6-3-7-29-10-17(27)15-5-4-14(9-16(15)22)25-19(28)21(2)11-30-12-21/h4-5,8-9,17H,3,6-7,10-12H2,1-2H3,(H,25,28)(H2,23,24,26)/t17-/m0/s1. The topological polar surface area (TPSA) is 103 Å². The smallest absolute Gasteiger partial charge is 0.234 e. The molecule has 30 heavy (non-hydrogen) atoms. The van der Waals surface area contributed by atoms with Gasteiger partial charge in [0.15, 0.2) is 0 Å². The number of anilines is 3. The summed E-state index contributed by atoms with van der Waals surface area (Å²) in [6.45, 7) is 6.54. The Bertz CT molecular complexity index is 930. The van der Waals surface area contributed by atoms with E-state index in [-0.39, 0.29) is 17.9 Å². The molecule has 1 aromatic heterocycles. The zero-order valence-electron chi connectivity index (χ0n) is 17.2. The number of carbonyl (C=O) groups excluding carboxylic acids is 1. The summed E-state index contributed by atoms with van der Waals surface area (Å²) in [5.74, 6) is 0.928. The molecule has 8 nitrogen and oxygen atoms in total. The van der Waals surface area contributed by atoms with Crippen LogP contribution < -0.4 is 16.0 Å². The van der Waals surface area contributed by atoms with Crippen molar-refractivity contribution in [1.82, 2.24) is 9.97 Å². The summed E-state index contributed by atoms with van der Waals surface area (Å²) < 4.78 is 11.0. The number of aryl methyl sites for hydroxylation is 1. The molecule has 1 aromatic carbocycles. The first-order valence-electron chi connectivity index (χ1n) is 10.00. The number of amides is 1. The minimum absolute atomic E-state index is 0.0658. The van der Waals surface area contributed by atoms with E-state index in [1.54, 1.807) is 6.07 Å². The summed E-state index contributed by atoms with van der Waals surface area (Å²) in [7, 11) is 0. The number of nitrogens with one attached hydrogen (secondary N) is 1. The molecule has 2 aliphatic rings. The maximum atomic E-state index is 12.5. The Morgan fingerprint density at radius 2 is 2.10 bits per heavy atom. The number of nitrogens with zero attached hydrogens (tertiary/aromatic N) is 3. The van der Waals surface area contributed by atoms with Crippen molar-refractivity contribution in [2.24, 2.45) is 5.41 Å². The van der Waals surface area contributed by atoms with Gasteiger partial charge in [0, 0.05) is 35.6 Å². The highest BCUT2D eigenvalue weighted by molar-refractivity contribution is 6.31. The lowest BCUT2D eigenvalue weighted by Crippen LogP contribution is -2.49. The first-order chi connectivity index (χ1) is 14.4. The molecular weight excluding hydrogens is 406 g/mol. The first kappa shape index (κ1) is 20.8. The molecule has 2 saturated heterocycles. The van der Waals surface area contributed by atoms with E-state index in [1.165, 1.54) is 0 Å². The van der Waals surface area contributed by atoms with Crippen LogP contribution in [0.4, 0.5) is 17.5 Å². The summed E-state index contributed by atoms with van der Waals surface area (Å²) >= 11 is 6.66. The van der Waals surface area contributed by atoms with Crippen LogP contribution in [0.15, 0.2) is 24.3 Å². The molecule has 0 aliphatic carbocycles. The molecule has 2 aromatic rings. The van der Waals surface area contributed by atoms with Gasteiger partial charge in [0.2, 0.25) is 11.9 Å². The van der Waals surface area contributed by atoms with Crippen LogP contribution in [-0.4, -0.2) is 48.8 Å². The van der Waals surface area contributed by atoms with Crippen molar-refractivity contribution in [3.63, 3.8) is 0 Å². The van der Waals surface area contributed by atoms with Crippen molar-refractivity contribution in [3.8, 4) is 0 Å². The lowest BCUT2D eigenvalue weighted by molar-refractivity contribution is -0.151. The molecule has 2 fully saturated rings. The number of hydrogen-bond acceptors (Lipinski definition) is 7. The molecule has 3 N–H and O–H groups in total. The average Bonchev–Trinajstić information content (AvgIpc) is 2.91. The second kappa shape index (κ2) is 8.37. The molecule has 4 rings (SSSR count). The quantitative estimate of drug-likeness (QED) is 0.767. The van der Waals surface area contributed by atoms with Crippen molar-refractivity contribution in [1.29, 1.82) is 0 Å². The lowest BCUT2D eigenvalue weighted by atomic mass is 9.87. The fourth-order valence-electron chi connectivity index (χ4n) is 3.73. The molecule has 3 heterocycles. The SMILES string of the molecule is Cc1cc(N2CCCOC[C@H]2c2ccc(NC(=O)C3(C)COC3)cc2Cl)nc(N)n1. The zero-order valence-corrected chi connectivity index (χ0v) is 17.9. The van der Waals surface area contributed by atoms with E-state index in [1.807, 2.05) is 32.0 Å². The number of hydrogen-bond donors (Lipinski definition) is 2. The van der Waals surface area contributed by atoms with Gasteiger partial charge in [-0.2, -0.15) is 4.98 Å². The summed E-state index contributed by atoms with van der Waals surface area (Å²) in [6.07, 6.45) is 0.867. The Morgan fingerprint density at radius 1 is 1.30 bits per heavy atom. The minimum atomic E-state index is -0.484. The van der Waals surface area contributed by atoms with E-state index in [0.29, 0.717) is 37.1 Å². The van der Waals surface area contributed by atoms with E-state index < -0.39 is 5.41 Å². The summed E-state index contributed by atoms with van der Waals surface area (Å²) in [4.78, 5) is 23.2. The van der Waals surface area contributed by atoms with E-state index in [0.717, 1.165) is 30.0 Å². The Hall–Kier alpha value is -2.42. The predicted octanol–water partition coefficient (Wildman–Crippen LogP) is 2.96. The van der Waals surface area contributed by atoms with Gasteiger partial charge in [-0.25, -0.2) is 4.98 Å². The maximum Gasteiger partial charge on any atom is 0.234 e. The van der Waals surface area contributed by atoms with Gasteiger partial charge in [0.05, 0.1) is 31.3 Å². The van der Waals surface area contributed by atoms with Crippen molar-refractivity contribution >= 4 is 35.0 Å². The lowest BCUT2D eigenvalue weighted by Gasteiger charge is -2.36. The summed E-state index contributed by atoms with van der Waals surface area (Å²) in [5.41, 5.74) is 7.77. The molecule has 0 saturated carbocycles. The number of rotatable bonds is 4. The van der Waals surface area contributed by atoms with Crippen LogP contribution >= 0.6 is 11.6 Å². The zero-order chi connectivity index (χ0) is 21.3. The van der Waals surface area contributed by atoms with Gasteiger partial charge in [0.25, 0.3) is 0 Å². The van der Waals surface area contributed by atoms with E-state index in [9.17, 15) is 4.79 Å². The van der Waals surface area contributed by atoms with Crippen molar-refractivity contribution in [3.05, 3.63) is 40.5 Å². The second-order valence-electron chi connectivity index (χ2n) is 8.11. The average molecular weight is 432 g/mol. The molecule has 160 valence electrons. The van der Waals surface area contributed by atoms with Crippen molar-refractivity contribution in [2.45, 2.75) is 26.3 Å². The van der Waals surface area contributed by atoms with Crippen molar-refractivity contribution < 1.29 is 14.3 Å². The molecule has 0 unspecified atom stereocenters. The third-order valence-electron chi connectivity index (χ3n) is 5.50. The number of carbonyl (C=O) groups is 1. The predicted molar refractivity (Wildman–Crippen MR) is 116 cm³/mol. The molecule has 1 atom stereocenters. The van der Waals surface area contributed by atoms with Crippen LogP contribution in [0.25, 0.3) is 0 Å². The van der Waals surface area contributed by atoms with Gasteiger partial charge in [-0.15, -0.1) is 0 Å². The third kappa shape index (κ3) is 4.21. The number of ether oxygens (including phenoxy) is 2. The number of aromatic nitrogens is 2. The molecule has 0 bridgehead atoms. The normalized spacial score (nSPS) is 20.9. The Kier molecular flexibility index (Phi) is 5.81. The molecule has 0 spiro atoms. The largest absolute Gasteiger partial charge is 0.379 e. The van der Waals surface area contributed by atoms with Crippen LogP contribution in [0.3, 0.4) is 0 Å². The van der Waals surface area contributed by atoms with Crippen LogP contribution in [0.2, 0.25) is 5.02 Å². The van der Waals surface area contributed by atoms with Crippen LogP contribution in [0.1, 0.15) is 30.6 Å². The number of benzene rings is 1. The molecular formula is C21H26ClN5O3. The van der Waals surface area contributed by atoms with Crippen LogP contribution in [0.5, 0.6) is 0 Å². The summed E-state index contributed by atoms with van der Waals surface area (Å²) in [6, 6.07) is 7.36. The first-order valence-corrected chi connectivity index (χ1v) is 10.4. The maximum absolute atomic E-state index is 12.5. The van der Waals surface area contributed by atoms with Crippen LogP contribution in [0, 0.1) is 12.3 Å². The number of halogens is 1. The molecule has 9 heteroatoms. The Morgan fingerprint density at radius 3 is 2.77 bits per heavy atom. The van der Waals surface area contributed by atoms with Gasteiger partial charge >= 0.3 is 0 Å². The van der Waals surface area contributed by atoms with Gasteiger partial charge in [-0.1, -0.05) is 17.7 Å². The van der Waals surface area contributed by atoms with Crippen LogP contribution in [-0.2, 0) is 14.3 Å². The van der Waals surface area contributed by atoms with E-state index >= 15 is 0 Å². The highest BCUT2D eigenvalue weighted by Crippen LogP contribution is 2.35. The second-order valence-corrected chi connectivity index (χ2v) is 8.51. The molecule has 1 amide bonds. The monoisotopic (exact) mass is 431 g/mol. The third-order valence-corrected chi connectivity index (χ3v) is 5.83. The Balaban J connectivity index is 1.60. The Labute approximate surface area is 180 Å².